The number of nitro groups is 1. The number of piperidine rings is 1. The third kappa shape index (κ3) is 3.75. The molecular formula is C14H18F2N4O4. The highest BCUT2D eigenvalue weighted by molar-refractivity contribution is 5.88. The molecule has 0 amide bonds. The smallest absolute Gasteiger partial charge is 0.356 e. The van der Waals surface area contributed by atoms with Crippen LogP contribution in [0.2, 0.25) is 0 Å². The molecule has 0 saturated carbocycles. The van der Waals surface area contributed by atoms with Crippen LogP contribution in [0, 0.1) is 10.1 Å². The van der Waals surface area contributed by atoms with Gasteiger partial charge in [-0.1, -0.05) is 6.92 Å². The molecule has 1 saturated heterocycles. The number of rotatable bonds is 5. The van der Waals surface area contributed by atoms with Crippen molar-refractivity contribution in [2.45, 2.75) is 25.3 Å². The topological polar surface area (TPSA) is 97.6 Å². The van der Waals surface area contributed by atoms with Crippen LogP contribution in [-0.2, 0) is 4.74 Å². The Hall–Kier alpha value is -2.36. The number of carbonyl (C=O) groups excluding carboxylic acids is 1. The Morgan fingerprint density at radius 1 is 1.58 bits per heavy atom. The van der Waals surface area contributed by atoms with Gasteiger partial charge in [0.1, 0.15) is 0 Å². The Morgan fingerprint density at radius 2 is 2.29 bits per heavy atom. The van der Waals surface area contributed by atoms with E-state index in [1.165, 1.54) is 0 Å². The van der Waals surface area contributed by atoms with Gasteiger partial charge in [0.15, 0.2) is 5.69 Å². The zero-order valence-corrected chi connectivity index (χ0v) is 13.3. The number of esters is 1. The zero-order valence-electron chi connectivity index (χ0n) is 13.3. The van der Waals surface area contributed by atoms with Gasteiger partial charge >= 0.3 is 11.7 Å². The first-order valence-corrected chi connectivity index (χ1v) is 7.39. The summed E-state index contributed by atoms with van der Waals surface area (Å²) in [6.07, 6.45) is 0.0993. The average molecular weight is 344 g/mol. The van der Waals surface area contributed by atoms with E-state index >= 15 is 0 Å². The predicted octanol–water partition coefficient (Wildman–Crippen LogP) is 1.92. The molecule has 2 heterocycles. The first kappa shape index (κ1) is 18.0. The Morgan fingerprint density at radius 3 is 2.83 bits per heavy atom. The lowest BCUT2D eigenvalue weighted by Gasteiger charge is -2.38. The van der Waals surface area contributed by atoms with E-state index in [1.807, 2.05) is 0 Å². The molecule has 10 heteroatoms. The number of nitrogens with zero attached hydrogens (tertiary/aromatic N) is 3. The number of hydrogen-bond acceptors (Lipinski definition) is 7. The average Bonchev–Trinajstić information content (AvgIpc) is 2.55. The van der Waals surface area contributed by atoms with E-state index in [4.69, 9.17) is 0 Å². The number of nitrogens with one attached hydrogen (secondary N) is 1. The van der Waals surface area contributed by atoms with Crippen LogP contribution >= 0.6 is 0 Å². The molecule has 1 fully saturated rings. The lowest BCUT2D eigenvalue weighted by atomic mass is 10.0. The fourth-order valence-corrected chi connectivity index (χ4v) is 2.55. The van der Waals surface area contributed by atoms with Crippen molar-refractivity contribution in [3.8, 4) is 0 Å². The summed E-state index contributed by atoms with van der Waals surface area (Å²) in [5, 5.41) is 13.5. The van der Waals surface area contributed by atoms with E-state index in [9.17, 15) is 23.7 Å². The highest BCUT2D eigenvalue weighted by Gasteiger charge is 2.45. The molecule has 0 spiro atoms. The maximum absolute atomic E-state index is 14.3. The van der Waals surface area contributed by atoms with E-state index in [1.54, 1.807) is 11.8 Å². The second-order valence-electron chi connectivity index (χ2n) is 5.43. The molecule has 8 nitrogen and oxygen atoms in total. The fourth-order valence-electron chi connectivity index (χ4n) is 2.55. The van der Waals surface area contributed by atoms with E-state index in [2.05, 4.69) is 15.0 Å². The molecule has 0 aromatic carbocycles. The largest absolute Gasteiger partial charge is 0.464 e. The summed E-state index contributed by atoms with van der Waals surface area (Å²) in [4.78, 5) is 27.2. The van der Waals surface area contributed by atoms with Crippen LogP contribution in [0.5, 0.6) is 0 Å². The summed E-state index contributed by atoms with van der Waals surface area (Å²) in [5.74, 6) is -4.25. The summed E-state index contributed by atoms with van der Waals surface area (Å²) < 4.78 is 33.0. The van der Waals surface area contributed by atoms with Crippen molar-refractivity contribution in [2.75, 3.05) is 32.1 Å². The first-order chi connectivity index (χ1) is 11.3. The molecule has 132 valence electrons. The zero-order chi connectivity index (χ0) is 17.9. The molecular weight excluding hydrogens is 326 g/mol. The van der Waals surface area contributed by atoms with E-state index in [0.717, 1.165) is 19.2 Å². The standard InChI is InChI=1S/C14H18F2N4O4/c1-3-19-7-6-11(14(15,16)8-19)18-12-10(20(22)23)5-4-9(17-12)13(21)24-2/h4-5,11H,3,6-8H2,1-2H3,(H,17,18). The Bertz CT molecular complexity index is 641. The molecule has 1 aliphatic rings. The van der Waals surface area contributed by atoms with Gasteiger partial charge in [-0.3, -0.25) is 15.0 Å². The minimum absolute atomic E-state index is 0.0993. The molecule has 2 rings (SSSR count). The minimum Gasteiger partial charge on any atom is -0.464 e. The molecule has 1 N–H and O–H groups in total. The summed E-state index contributed by atoms with van der Waals surface area (Å²) >= 11 is 0. The first-order valence-electron chi connectivity index (χ1n) is 7.39. The molecule has 1 unspecified atom stereocenters. The molecule has 0 radical (unpaired) electrons. The predicted molar refractivity (Wildman–Crippen MR) is 81.3 cm³/mol. The summed E-state index contributed by atoms with van der Waals surface area (Å²) in [6.45, 7) is 2.29. The SMILES string of the molecule is CCN1CCC(Nc2nc(C(=O)OC)ccc2[N+](=O)[O-])C(F)(F)C1. The van der Waals surface area contributed by atoms with Gasteiger partial charge in [-0.25, -0.2) is 18.6 Å². The van der Waals surface area contributed by atoms with Gasteiger partial charge in [0.2, 0.25) is 5.82 Å². The maximum atomic E-state index is 14.3. The number of likely N-dealkylation sites (tertiary alicyclic amines) is 1. The lowest BCUT2D eigenvalue weighted by Crippen LogP contribution is -2.54. The van der Waals surface area contributed by atoms with Crippen molar-refractivity contribution in [1.82, 2.24) is 9.88 Å². The monoisotopic (exact) mass is 344 g/mol. The number of ether oxygens (including phenoxy) is 1. The number of alkyl halides is 2. The molecule has 1 aromatic rings. The maximum Gasteiger partial charge on any atom is 0.356 e. The number of anilines is 1. The highest BCUT2D eigenvalue weighted by Crippen LogP contribution is 2.32. The van der Waals surface area contributed by atoms with Gasteiger partial charge in [0, 0.05) is 12.6 Å². The van der Waals surface area contributed by atoms with E-state index in [0.29, 0.717) is 13.1 Å². The minimum atomic E-state index is -3.08. The highest BCUT2D eigenvalue weighted by atomic mass is 19.3. The Kier molecular flexibility index (Phi) is 5.27. The van der Waals surface area contributed by atoms with Crippen molar-refractivity contribution in [3.05, 3.63) is 27.9 Å². The van der Waals surface area contributed by atoms with Gasteiger partial charge in [0.05, 0.1) is 24.6 Å². The second-order valence-corrected chi connectivity index (χ2v) is 5.43. The lowest BCUT2D eigenvalue weighted by molar-refractivity contribution is -0.384. The van der Waals surface area contributed by atoms with Crippen LogP contribution < -0.4 is 5.32 Å². The van der Waals surface area contributed by atoms with Crippen molar-refractivity contribution in [1.29, 1.82) is 0 Å². The number of aromatic nitrogens is 1. The van der Waals surface area contributed by atoms with Crippen LogP contribution in [-0.4, -0.2) is 59.5 Å². The number of carbonyl (C=O) groups is 1. The normalized spacial score (nSPS) is 20.4. The molecule has 1 aromatic heterocycles. The van der Waals surface area contributed by atoms with Gasteiger partial charge in [-0.05, 0) is 19.0 Å². The van der Waals surface area contributed by atoms with E-state index in [-0.39, 0.29) is 17.9 Å². The van der Waals surface area contributed by atoms with Crippen molar-refractivity contribution in [3.63, 3.8) is 0 Å². The molecule has 1 aliphatic heterocycles. The van der Waals surface area contributed by atoms with Crippen LogP contribution in [0.1, 0.15) is 23.8 Å². The fraction of sp³-hybridized carbons (Fsp3) is 0.571. The van der Waals surface area contributed by atoms with Gasteiger partial charge in [0.25, 0.3) is 5.92 Å². The molecule has 0 aliphatic carbocycles. The van der Waals surface area contributed by atoms with Crippen molar-refractivity contribution < 1.29 is 23.2 Å². The molecule has 0 bridgehead atoms. The van der Waals surface area contributed by atoms with Crippen molar-refractivity contribution in [2.24, 2.45) is 0 Å². The van der Waals surface area contributed by atoms with Gasteiger partial charge in [-0.15, -0.1) is 0 Å². The van der Waals surface area contributed by atoms with Crippen LogP contribution in [0.3, 0.4) is 0 Å². The number of methoxy groups -OCH3 is 1. The van der Waals surface area contributed by atoms with Crippen LogP contribution in [0.25, 0.3) is 0 Å². The third-order valence-electron chi connectivity index (χ3n) is 3.90. The third-order valence-corrected chi connectivity index (χ3v) is 3.90. The molecule has 1 atom stereocenters. The number of halogens is 2. The van der Waals surface area contributed by atoms with E-state index < -0.39 is 35.1 Å². The Labute approximate surface area is 136 Å². The quantitative estimate of drug-likeness (QED) is 0.495. The number of pyridine rings is 1. The number of hydrogen-bond donors (Lipinski definition) is 1. The summed E-state index contributed by atoms with van der Waals surface area (Å²) in [7, 11) is 1.13. The van der Waals surface area contributed by atoms with Crippen molar-refractivity contribution >= 4 is 17.5 Å². The summed E-state index contributed by atoms with van der Waals surface area (Å²) in [6, 6.07) is 0.854. The molecule has 24 heavy (non-hydrogen) atoms. The second kappa shape index (κ2) is 7.04. The van der Waals surface area contributed by atoms with Gasteiger partial charge in [-0.2, -0.15) is 0 Å². The van der Waals surface area contributed by atoms with Crippen LogP contribution in [0.15, 0.2) is 12.1 Å². The summed E-state index contributed by atoms with van der Waals surface area (Å²) in [5.41, 5.74) is -0.670. The van der Waals surface area contributed by atoms with Gasteiger partial charge < -0.3 is 10.1 Å². The Balaban J connectivity index is 2.30. The van der Waals surface area contributed by atoms with Crippen LogP contribution in [0.4, 0.5) is 20.3 Å².